The molecule has 3 aromatic rings. The maximum atomic E-state index is 12.9. The van der Waals surface area contributed by atoms with Gasteiger partial charge in [-0.1, -0.05) is 44.2 Å². The molecular formula is C24H27N3O2. The van der Waals surface area contributed by atoms with Gasteiger partial charge in [-0.25, -0.2) is 4.98 Å². The van der Waals surface area contributed by atoms with E-state index in [1.54, 1.807) is 34.9 Å². The first kappa shape index (κ1) is 19.4. The summed E-state index contributed by atoms with van der Waals surface area (Å²) < 4.78 is 1.79. The number of imidazole rings is 1. The maximum Gasteiger partial charge on any atom is 0.251 e. The zero-order chi connectivity index (χ0) is 20.2. The van der Waals surface area contributed by atoms with Gasteiger partial charge < -0.3 is 5.32 Å². The Labute approximate surface area is 171 Å². The van der Waals surface area contributed by atoms with Gasteiger partial charge in [0.05, 0.1) is 6.20 Å². The Morgan fingerprint density at radius 3 is 2.55 bits per heavy atom. The fourth-order valence-corrected chi connectivity index (χ4v) is 4.14. The standard InChI is InChI=1S/C24H27N3O2/c1-17-12-14-27-21(16-26-22(27)15-17)23(28)19-7-9-20(10-8-19)24(29)25-13-11-18-5-3-2-4-6-18/h7-10,12,14-16,18H,2-6,11,13H2,1H3,(H,25,29). The van der Waals surface area contributed by atoms with Gasteiger partial charge in [-0.05, 0) is 49.1 Å². The molecule has 5 nitrogen and oxygen atoms in total. The van der Waals surface area contributed by atoms with E-state index >= 15 is 0 Å². The molecule has 4 rings (SSSR count). The number of nitrogens with zero attached hydrogens (tertiary/aromatic N) is 2. The molecule has 0 saturated heterocycles. The van der Waals surface area contributed by atoms with Crippen molar-refractivity contribution >= 4 is 17.3 Å². The van der Waals surface area contributed by atoms with Crippen LogP contribution in [-0.4, -0.2) is 27.6 Å². The van der Waals surface area contributed by atoms with Crippen LogP contribution in [0.15, 0.2) is 48.8 Å². The van der Waals surface area contributed by atoms with Crippen LogP contribution in [0.5, 0.6) is 0 Å². The van der Waals surface area contributed by atoms with Crippen LogP contribution in [-0.2, 0) is 0 Å². The number of amides is 1. The molecule has 150 valence electrons. The lowest BCUT2D eigenvalue weighted by molar-refractivity contribution is 0.0948. The first-order chi connectivity index (χ1) is 14.1. The van der Waals surface area contributed by atoms with Gasteiger partial charge in [-0.15, -0.1) is 0 Å². The highest BCUT2D eigenvalue weighted by atomic mass is 16.1. The average molecular weight is 389 g/mol. The molecule has 5 heteroatoms. The SMILES string of the molecule is Cc1ccn2c(C(=O)c3ccc(C(=O)NCCC4CCCCC4)cc3)cnc2c1. The topological polar surface area (TPSA) is 63.5 Å². The molecule has 0 spiro atoms. The quantitative estimate of drug-likeness (QED) is 0.628. The number of fused-ring (bicyclic) bond motifs is 1. The van der Waals surface area contributed by atoms with E-state index in [-0.39, 0.29) is 11.7 Å². The molecule has 1 amide bonds. The molecule has 1 aromatic carbocycles. The summed E-state index contributed by atoms with van der Waals surface area (Å²) in [6, 6.07) is 10.8. The molecule has 1 N–H and O–H groups in total. The minimum atomic E-state index is -0.106. The zero-order valence-corrected chi connectivity index (χ0v) is 16.9. The van der Waals surface area contributed by atoms with Crippen LogP contribution in [0.3, 0.4) is 0 Å². The van der Waals surface area contributed by atoms with Gasteiger partial charge in [0.15, 0.2) is 0 Å². The summed E-state index contributed by atoms with van der Waals surface area (Å²) in [6.07, 6.45) is 11.1. The van der Waals surface area contributed by atoms with Crippen LogP contribution in [0.1, 0.15) is 70.5 Å². The summed E-state index contributed by atoms with van der Waals surface area (Å²) in [6.45, 7) is 2.71. The van der Waals surface area contributed by atoms with Crippen molar-refractivity contribution in [3.63, 3.8) is 0 Å². The van der Waals surface area contributed by atoms with Gasteiger partial charge in [-0.3, -0.25) is 14.0 Å². The maximum absolute atomic E-state index is 12.9. The number of carbonyl (C=O) groups excluding carboxylic acids is 2. The van der Waals surface area contributed by atoms with Crippen LogP contribution in [0.4, 0.5) is 0 Å². The van der Waals surface area contributed by atoms with E-state index in [2.05, 4.69) is 10.3 Å². The number of rotatable bonds is 6. The Bertz CT molecular complexity index is 1010. The lowest BCUT2D eigenvalue weighted by Crippen LogP contribution is -2.26. The molecule has 0 atom stereocenters. The Morgan fingerprint density at radius 1 is 1.07 bits per heavy atom. The highest BCUT2D eigenvalue weighted by Crippen LogP contribution is 2.25. The summed E-state index contributed by atoms with van der Waals surface area (Å²) >= 11 is 0. The lowest BCUT2D eigenvalue weighted by Gasteiger charge is -2.21. The minimum Gasteiger partial charge on any atom is -0.352 e. The van der Waals surface area contributed by atoms with E-state index in [1.165, 1.54) is 32.1 Å². The van der Waals surface area contributed by atoms with Crippen molar-refractivity contribution in [3.8, 4) is 0 Å². The molecule has 1 saturated carbocycles. The normalized spacial score (nSPS) is 14.8. The van der Waals surface area contributed by atoms with Gasteiger partial charge in [0.25, 0.3) is 5.91 Å². The third-order valence-corrected chi connectivity index (χ3v) is 5.87. The van der Waals surface area contributed by atoms with Gasteiger partial charge in [0.1, 0.15) is 11.3 Å². The number of carbonyl (C=O) groups is 2. The number of aromatic nitrogens is 2. The Morgan fingerprint density at radius 2 is 1.79 bits per heavy atom. The van der Waals surface area contributed by atoms with E-state index in [0.717, 1.165) is 23.5 Å². The highest BCUT2D eigenvalue weighted by molar-refractivity contribution is 6.08. The van der Waals surface area contributed by atoms with Crippen LogP contribution in [0.2, 0.25) is 0 Å². The predicted molar refractivity (Wildman–Crippen MR) is 113 cm³/mol. The van der Waals surface area contributed by atoms with E-state index in [0.29, 0.717) is 23.4 Å². The van der Waals surface area contributed by atoms with Crippen molar-refractivity contribution < 1.29 is 9.59 Å². The summed E-state index contributed by atoms with van der Waals surface area (Å²) in [5.41, 5.74) is 3.50. The number of pyridine rings is 1. The molecule has 0 radical (unpaired) electrons. The Hall–Kier alpha value is -2.95. The van der Waals surface area contributed by atoms with Crippen molar-refractivity contribution in [1.82, 2.24) is 14.7 Å². The molecule has 1 aliphatic carbocycles. The lowest BCUT2D eigenvalue weighted by atomic mass is 9.87. The molecular weight excluding hydrogens is 362 g/mol. The second kappa shape index (κ2) is 8.60. The van der Waals surface area contributed by atoms with E-state index in [9.17, 15) is 9.59 Å². The largest absolute Gasteiger partial charge is 0.352 e. The molecule has 0 unspecified atom stereocenters. The number of hydrogen-bond donors (Lipinski definition) is 1. The third-order valence-electron chi connectivity index (χ3n) is 5.87. The molecule has 29 heavy (non-hydrogen) atoms. The number of ketones is 1. The fraction of sp³-hybridized carbons (Fsp3) is 0.375. The summed E-state index contributed by atoms with van der Waals surface area (Å²) in [7, 11) is 0. The van der Waals surface area contributed by atoms with Crippen molar-refractivity contribution in [1.29, 1.82) is 0 Å². The molecule has 0 aliphatic heterocycles. The minimum absolute atomic E-state index is 0.0786. The number of aryl methyl sites for hydroxylation is 1. The van der Waals surface area contributed by atoms with E-state index < -0.39 is 0 Å². The van der Waals surface area contributed by atoms with Gasteiger partial charge in [0, 0.05) is 23.9 Å². The summed E-state index contributed by atoms with van der Waals surface area (Å²) in [5.74, 6) is 0.564. The van der Waals surface area contributed by atoms with Crippen molar-refractivity contribution in [2.24, 2.45) is 5.92 Å². The third kappa shape index (κ3) is 4.39. The van der Waals surface area contributed by atoms with Crippen molar-refractivity contribution in [2.45, 2.75) is 45.4 Å². The summed E-state index contributed by atoms with van der Waals surface area (Å²) in [4.78, 5) is 29.6. The van der Waals surface area contributed by atoms with Gasteiger partial charge in [-0.2, -0.15) is 0 Å². The fourth-order valence-electron chi connectivity index (χ4n) is 4.14. The zero-order valence-electron chi connectivity index (χ0n) is 16.9. The number of nitrogens with one attached hydrogen (secondary N) is 1. The Kier molecular flexibility index (Phi) is 5.74. The molecule has 2 aromatic heterocycles. The monoisotopic (exact) mass is 389 g/mol. The molecule has 1 fully saturated rings. The Balaban J connectivity index is 1.38. The predicted octanol–water partition coefficient (Wildman–Crippen LogP) is 4.57. The highest BCUT2D eigenvalue weighted by Gasteiger charge is 2.16. The first-order valence-corrected chi connectivity index (χ1v) is 10.5. The van der Waals surface area contributed by atoms with E-state index in [4.69, 9.17) is 0 Å². The molecule has 2 heterocycles. The molecule has 1 aliphatic rings. The first-order valence-electron chi connectivity index (χ1n) is 10.5. The second-order valence-corrected chi connectivity index (χ2v) is 8.03. The van der Waals surface area contributed by atoms with Crippen LogP contribution >= 0.6 is 0 Å². The van der Waals surface area contributed by atoms with Crippen LogP contribution in [0.25, 0.3) is 5.65 Å². The van der Waals surface area contributed by atoms with E-state index in [1.807, 2.05) is 25.3 Å². The van der Waals surface area contributed by atoms with Crippen molar-refractivity contribution in [3.05, 3.63) is 71.2 Å². The summed E-state index contributed by atoms with van der Waals surface area (Å²) in [5, 5.41) is 3.01. The van der Waals surface area contributed by atoms with Crippen LogP contribution in [0, 0.1) is 12.8 Å². The van der Waals surface area contributed by atoms with Gasteiger partial charge >= 0.3 is 0 Å². The second-order valence-electron chi connectivity index (χ2n) is 8.03. The average Bonchev–Trinajstić information content (AvgIpc) is 3.17. The number of hydrogen-bond acceptors (Lipinski definition) is 3. The number of benzene rings is 1. The molecule has 0 bridgehead atoms. The smallest absolute Gasteiger partial charge is 0.251 e. The van der Waals surface area contributed by atoms with Gasteiger partial charge in [0.2, 0.25) is 5.78 Å². The van der Waals surface area contributed by atoms with Crippen molar-refractivity contribution in [2.75, 3.05) is 6.54 Å². The van der Waals surface area contributed by atoms with Crippen LogP contribution < -0.4 is 5.32 Å².